The third kappa shape index (κ3) is 7.78. The Morgan fingerprint density at radius 2 is 1.59 bits per heavy atom. The van der Waals surface area contributed by atoms with Crippen molar-refractivity contribution in [2.45, 2.75) is 41.2 Å². The molecule has 0 aliphatic rings. The maximum atomic E-state index is 8.95. The first kappa shape index (κ1) is 23.9. The lowest BCUT2D eigenvalue weighted by Crippen LogP contribution is -2.05. The van der Waals surface area contributed by atoms with Crippen molar-refractivity contribution in [3.63, 3.8) is 0 Å². The Morgan fingerprint density at radius 1 is 0.966 bits per heavy atom. The Hall–Kier alpha value is -3.15. The molecule has 0 N–H and O–H groups in total. The monoisotopic (exact) mass is 398 g/mol. The molecule has 0 aliphatic carbocycles. The summed E-state index contributed by atoms with van der Waals surface area (Å²) in [7, 11) is 2.86. The highest BCUT2D eigenvalue weighted by Crippen LogP contribution is 2.17. The van der Waals surface area contributed by atoms with Gasteiger partial charge in [-0.15, -0.1) is 0 Å². The van der Waals surface area contributed by atoms with Gasteiger partial charge in [-0.25, -0.2) is 0 Å². The van der Waals surface area contributed by atoms with Crippen molar-refractivity contribution in [2.75, 3.05) is 14.2 Å². The van der Waals surface area contributed by atoms with E-state index in [0.29, 0.717) is 13.1 Å². The Bertz CT molecular complexity index is 853. The van der Waals surface area contributed by atoms with Gasteiger partial charge in [-0.05, 0) is 45.7 Å². The Labute approximate surface area is 173 Å². The number of aryl methyl sites for hydroxylation is 3. The quantitative estimate of drug-likeness (QED) is 0.385. The van der Waals surface area contributed by atoms with E-state index in [2.05, 4.69) is 60.1 Å². The first-order valence-corrected chi connectivity index (χ1v) is 9.22. The molecular weight excluding hydrogens is 368 g/mol. The molecule has 0 heterocycles. The summed E-state index contributed by atoms with van der Waals surface area (Å²) in [5.74, 6) is 0. The molecule has 0 aliphatic heterocycles. The third-order valence-electron chi connectivity index (χ3n) is 4.17. The number of hydrogen-bond donors (Lipinski definition) is 0. The minimum absolute atomic E-state index is 0.375. The van der Waals surface area contributed by atoms with Gasteiger partial charge in [-0.1, -0.05) is 57.8 Å². The number of nitrogens with zero attached hydrogens (tertiary/aromatic N) is 2. The molecule has 0 amide bonds. The Balaban J connectivity index is 0.000000960. The van der Waals surface area contributed by atoms with E-state index in [9.17, 15) is 0 Å². The average molecular weight is 399 g/mol. The fraction of sp³-hybridized carbons (Fsp3) is 0.348. The van der Waals surface area contributed by atoms with Gasteiger partial charge in [0.25, 0.3) is 6.47 Å². The van der Waals surface area contributed by atoms with Crippen LogP contribution in [0, 0.1) is 20.8 Å². The van der Waals surface area contributed by atoms with E-state index in [0.717, 1.165) is 33.7 Å². The van der Waals surface area contributed by atoms with Gasteiger partial charge in [-0.3, -0.25) is 4.79 Å². The van der Waals surface area contributed by atoms with Crippen LogP contribution in [0.2, 0.25) is 0 Å². The van der Waals surface area contributed by atoms with Crippen molar-refractivity contribution in [1.29, 1.82) is 0 Å². The number of carbonyl (C=O) groups excluding carboxylic acids is 1. The molecule has 0 spiro atoms. The molecule has 2 rings (SSSR count). The number of methoxy groups -OCH3 is 1. The molecule has 29 heavy (non-hydrogen) atoms. The zero-order chi connectivity index (χ0) is 21.8. The molecule has 2 aromatic rings. The maximum absolute atomic E-state index is 8.95. The molecule has 0 unspecified atom stereocenters. The van der Waals surface area contributed by atoms with Gasteiger partial charge in [-0.2, -0.15) is 0 Å². The van der Waals surface area contributed by atoms with Gasteiger partial charge in [0, 0.05) is 11.1 Å². The van der Waals surface area contributed by atoms with Crippen LogP contribution in [0.25, 0.3) is 0 Å². The second-order valence-corrected chi connectivity index (χ2v) is 6.62. The molecule has 2 aromatic carbocycles. The van der Waals surface area contributed by atoms with Crippen LogP contribution in [-0.2, 0) is 25.8 Å². The van der Waals surface area contributed by atoms with Crippen LogP contribution in [0.1, 0.15) is 47.2 Å². The Kier molecular flexibility index (Phi) is 10.2. The smallest absolute Gasteiger partial charge is 0.292 e. The van der Waals surface area contributed by atoms with Crippen molar-refractivity contribution >= 4 is 17.9 Å². The summed E-state index contributed by atoms with van der Waals surface area (Å²) in [5.41, 5.74) is 8.43. The molecule has 0 fully saturated rings. The molecule has 6 heteroatoms. The first-order valence-electron chi connectivity index (χ1n) is 9.22. The van der Waals surface area contributed by atoms with E-state index in [4.69, 9.17) is 14.5 Å². The molecule has 0 bridgehead atoms. The van der Waals surface area contributed by atoms with Crippen molar-refractivity contribution in [3.05, 3.63) is 69.8 Å². The summed E-state index contributed by atoms with van der Waals surface area (Å²) >= 11 is 0. The molecule has 6 nitrogen and oxygen atoms in total. The lowest BCUT2D eigenvalue weighted by Gasteiger charge is -2.11. The number of ether oxygens (including phenoxy) is 1. The van der Waals surface area contributed by atoms with Crippen LogP contribution in [0.3, 0.4) is 0 Å². The summed E-state index contributed by atoms with van der Waals surface area (Å²) in [6.45, 7) is 10.9. The van der Waals surface area contributed by atoms with Gasteiger partial charge in [0.2, 0.25) is 0 Å². The fourth-order valence-electron chi connectivity index (χ4n) is 2.85. The van der Waals surface area contributed by atoms with Gasteiger partial charge in [0.05, 0.1) is 18.5 Å². The Morgan fingerprint density at radius 3 is 2.14 bits per heavy atom. The summed E-state index contributed by atoms with van der Waals surface area (Å²) in [5, 5.41) is 8.34. The molecule has 0 aromatic heterocycles. The zero-order valence-electron chi connectivity index (χ0n) is 18.3. The second kappa shape index (κ2) is 12.3. The standard InChI is InChI=1S/C21H26N2O2.C2H4O2/c1-14-10-15(2)12-19(11-14)17(4)23-25-13-21-16(3)8-7-9-20(21)18(5)22-24-6;1-4-2-3/h7-12H,13H2,1-6H3;2H,1H3/b22-18-,23-17+;. The van der Waals surface area contributed by atoms with Crippen LogP contribution in [0.4, 0.5) is 0 Å². The number of hydrogen-bond acceptors (Lipinski definition) is 6. The number of benzene rings is 2. The summed E-state index contributed by atoms with van der Waals surface area (Å²) in [4.78, 5) is 19.5. The van der Waals surface area contributed by atoms with E-state index in [1.807, 2.05) is 26.0 Å². The molecule has 156 valence electrons. The highest BCUT2D eigenvalue weighted by molar-refractivity contribution is 6.00. The summed E-state index contributed by atoms with van der Waals surface area (Å²) in [6.07, 6.45) is 0. The van der Waals surface area contributed by atoms with Crippen LogP contribution >= 0.6 is 0 Å². The predicted octanol–water partition coefficient (Wildman–Crippen LogP) is 4.71. The van der Waals surface area contributed by atoms with Gasteiger partial charge in [0.15, 0.2) is 0 Å². The van der Waals surface area contributed by atoms with Crippen LogP contribution < -0.4 is 0 Å². The minimum Gasteiger partial charge on any atom is -0.471 e. The molecule has 0 atom stereocenters. The third-order valence-corrected chi connectivity index (χ3v) is 4.17. The van der Waals surface area contributed by atoms with E-state index >= 15 is 0 Å². The van der Waals surface area contributed by atoms with E-state index < -0.39 is 0 Å². The highest BCUT2D eigenvalue weighted by atomic mass is 16.6. The van der Waals surface area contributed by atoms with Crippen molar-refractivity contribution in [2.24, 2.45) is 10.3 Å². The van der Waals surface area contributed by atoms with Crippen LogP contribution in [0.15, 0.2) is 46.7 Å². The number of oxime groups is 2. The second-order valence-electron chi connectivity index (χ2n) is 6.62. The topological polar surface area (TPSA) is 69.5 Å². The highest BCUT2D eigenvalue weighted by Gasteiger charge is 2.10. The number of carbonyl (C=O) groups is 1. The van der Waals surface area contributed by atoms with Gasteiger partial charge >= 0.3 is 0 Å². The zero-order valence-corrected chi connectivity index (χ0v) is 18.3. The van der Waals surface area contributed by atoms with E-state index in [-0.39, 0.29) is 0 Å². The summed E-state index contributed by atoms with van der Waals surface area (Å²) < 4.78 is 3.86. The number of rotatable bonds is 7. The van der Waals surface area contributed by atoms with Crippen LogP contribution in [0.5, 0.6) is 0 Å². The fourth-order valence-corrected chi connectivity index (χ4v) is 2.85. The van der Waals surface area contributed by atoms with E-state index in [1.54, 1.807) is 7.11 Å². The molecule has 0 saturated heterocycles. The van der Waals surface area contributed by atoms with Crippen LogP contribution in [-0.4, -0.2) is 32.1 Å². The maximum Gasteiger partial charge on any atom is 0.292 e. The molecule has 0 radical (unpaired) electrons. The molecular formula is C23H30N2O4. The SMILES string of the molecule is CO/N=C(/C)c1cccc(C)c1CO/N=C(\C)c1cc(C)cc(C)c1.COC=O. The van der Waals surface area contributed by atoms with Crippen molar-refractivity contribution in [3.8, 4) is 0 Å². The van der Waals surface area contributed by atoms with Crippen molar-refractivity contribution in [1.82, 2.24) is 0 Å². The normalized spacial score (nSPS) is 11.3. The van der Waals surface area contributed by atoms with E-state index in [1.165, 1.54) is 18.2 Å². The molecule has 0 saturated carbocycles. The van der Waals surface area contributed by atoms with Gasteiger partial charge in [0.1, 0.15) is 13.7 Å². The lowest BCUT2D eigenvalue weighted by atomic mass is 10.00. The minimum atomic E-state index is 0.375. The largest absolute Gasteiger partial charge is 0.471 e. The van der Waals surface area contributed by atoms with Gasteiger partial charge < -0.3 is 14.4 Å². The predicted molar refractivity (Wildman–Crippen MR) is 116 cm³/mol. The summed E-state index contributed by atoms with van der Waals surface area (Å²) in [6, 6.07) is 12.5. The lowest BCUT2D eigenvalue weighted by molar-refractivity contribution is -0.126. The van der Waals surface area contributed by atoms with Crippen molar-refractivity contribution < 1.29 is 19.2 Å². The first-order chi connectivity index (χ1) is 13.8. The average Bonchev–Trinajstić information content (AvgIpc) is 2.68.